The summed E-state index contributed by atoms with van der Waals surface area (Å²) < 4.78 is 16.7. The normalized spacial score (nSPS) is 15.0. The van der Waals surface area contributed by atoms with Gasteiger partial charge < -0.3 is 24.4 Å². The van der Waals surface area contributed by atoms with E-state index in [4.69, 9.17) is 37.4 Å². The monoisotopic (exact) mass is 480 g/mol. The Morgan fingerprint density at radius 1 is 0.844 bits per heavy atom. The van der Waals surface area contributed by atoms with Gasteiger partial charge in [0.25, 0.3) is 0 Å². The number of methoxy groups -OCH3 is 1. The minimum atomic E-state index is 0.531. The molecule has 176 valence electrons. The van der Waals surface area contributed by atoms with Gasteiger partial charge in [-0.25, -0.2) is 0 Å². The Labute approximate surface area is 201 Å². The lowest BCUT2D eigenvalue weighted by Crippen LogP contribution is -2.43. The van der Waals surface area contributed by atoms with Gasteiger partial charge in [0.05, 0.1) is 30.4 Å². The van der Waals surface area contributed by atoms with Gasteiger partial charge in [-0.3, -0.25) is 0 Å². The van der Waals surface area contributed by atoms with Gasteiger partial charge in [0, 0.05) is 18.7 Å². The number of hydrogen-bond acceptors (Lipinski definition) is 5. The van der Waals surface area contributed by atoms with Crippen molar-refractivity contribution in [1.29, 1.82) is 0 Å². The standard InChI is InChI=1S/C25H34Cl2N2O3/c1-30-21-5-7-22(8-6-21)31-17-3-2-13-28-20-11-15-29(16-12-20)14-4-18-32-23-9-10-24(26)25(27)19-23/h5-10,19-20,28H,2-4,11-18H2,1H3. The molecule has 32 heavy (non-hydrogen) atoms. The highest BCUT2D eigenvalue weighted by Crippen LogP contribution is 2.26. The summed E-state index contributed by atoms with van der Waals surface area (Å²) in [7, 11) is 1.67. The summed E-state index contributed by atoms with van der Waals surface area (Å²) in [6.07, 6.45) is 5.59. The van der Waals surface area contributed by atoms with E-state index in [0.29, 0.717) is 22.7 Å². The van der Waals surface area contributed by atoms with Gasteiger partial charge in [0.15, 0.2) is 0 Å². The van der Waals surface area contributed by atoms with Gasteiger partial charge >= 0.3 is 0 Å². The first kappa shape index (κ1) is 25.0. The minimum absolute atomic E-state index is 0.531. The first-order chi connectivity index (χ1) is 15.6. The van der Waals surface area contributed by atoms with Crippen LogP contribution in [0.3, 0.4) is 0 Å². The van der Waals surface area contributed by atoms with Crippen molar-refractivity contribution in [2.75, 3.05) is 46.5 Å². The van der Waals surface area contributed by atoms with Crippen molar-refractivity contribution in [3.8, 4) is 17.2 Å². The van der Waals surface area contributed by atoms with Crippen molar-refractivity contribution in [3.05, 3.63) is 52.5 Å². The Kier molecular flexibility index (Phi) is 10.8. The van der Waals surface area contributed by atoms with Crippen LogP contribution in [0.15, 0.2) is 42.5 Å². The molecule has 1 fully saturated rings. The molecular formula is C25H34Cl2N2O3. The van der Waals surface area contributed by atoms with E-state index in [1.54, 1.807) is 19.2 Å². The lowest BCUT2D eigenvalue weighted by molar-refractivity contribution is 0.181. The molecular weight excluding hydrogens is 447 g/mol. The van der Waals surface area contributed by atoms with Crippen LogP contribution in [0.2, 0.25) is 10.0 Å². The second-order valence-electron chi connectivity index (χ2n) is 8.08. The number of nitrogens with zero attached hydrogens (tertiary/aromatic N) is 1. The maximum atomic E-state index is 6.02. The zero-order valence-electron chi connectivity index (χ0n) is 18.8. The van der Waals surface area contributed by atoms with Crippen LogP contribution in [-0.4, -0.2) is 57.4 Å². The van der Waals surface area contributed by atoms with E-state index >= 15 is 0 Å². The zero-order chi connectivity index (χ0) is 22.6. The maximum Gasteiger partial charge on any atom is 0.120 e. The van der Waals surface area contributed by atoms with Crippen LogP contribution in [0.4, 0.5) is 0 Å². The van der Waals surface area contributed by atoms with E-state index in [2.05, 4.69) is 10.2 Å². The molecule has 2 aromatic carbocycles. The second-order valence-corrected chi connectivity index (χ2v) is 8.89. The van der Waals surface area contributed by atoms with E-state index < -0.39 is 0 Å². The lowest BCUT2D eigenvalue weighted by atomic mass is 10.0. The number of hydrogen-bond donors (Lipinski definition) is 1. The van der Waals surface area contributed by atoms with Crippen LogP contribution in [0, 0.1) is 0 Å². The SMILES string of the molecule is COc1ccc(OCCCCNC2CCN(CCCOc3ccc(Cl)c(Cl)c3)CC2)cc1. The van der Waals surface area contributed by atoms with Crippen molar-refractivity contribution in [2.24, 2.45) is 0 Å². The number of unbranched alkanes of at least 4 members (excludes halogenated alkanes) is 1. The minimum Gasteiger partial charge on any atom is -0.497 e. The molecule has 7 heteroatoms. The highest BCUT2D eigenvalue weighted by molar-refractivity contribution is 6.42. The number of benzene rings is 2. The molecule has 1 aliphatic heterocycles. The summed E-state index contributed by atoms with van der Waals surface area (Å²) in [6.45, 7) is 5.84. The Bertz CT molecular complexity index is 796. The van der Waals surface area contributed by atoms with Crippen molar-refractivity contribution < 1.29 is 14.2 Å². The number of ether oxygens (including phenoxy) is 3. The smallest absolute Gasteiger partial charge is 0.120 e. The first-order valence-corrected chi connectivity index (χ1v) is 12.2. The van der Waals surface area contributed by atoms with Gasteiger partial charge in [-0.15, -0.1) is 0 Å². The van der Waals surface area contributed by atoms with E-state index in [9.17, 15) is 0 Å². The summed E-state index contributed by atoms with van der Waals surface area (Å²) in [5, 5.41) is 4.79. The Morgan fingerprint density at radius 3 is 2.22 bits per heavy atom. The van der Waals surface area contributed by atoms with Crippen LogP contribution in [0.1, 0.15) is 32.1 Å². The molecule has 0 amide bonds. The summed E-state index contributed by atoms with van der Waals surface area (Å²) in [4.78, 5) is 2.53. The summed E-state index contributed by atoms with van der Waals surface area (Å²) in [6, 6.07) is 13.8. The van der Waals surface area contributed by atoms with Crippen LogP contribution < -0.4 is 19.5 Å². The molecule has 0 aliphatic carbocycles. The van der Waals surface area contributed by atoms with Gasteiger partial charge in [0.1, 0.15) is 17.2 Å². The van der Waals surface area contributed by atoms with Crippen LogP contribution in [0.25, 0.3) is 0 Å². The van der Waals surface area contributed by atoms with Crippen LogP contribution >= 0.6 is 23.2 Å². The zero-order valence-corrected chi connectivity index (χ0v) is 20.3. The molecule has 5 nitrogen and oxygen atoms in total. The van der Waals surface area contributed by atoms with E-state index in [-0.39, 0.29) is 0 Å². The number of halogens is 2. The van der Waals surface area contributed by atoms with Gasteiger partial charge in [0.2, 0.25) is 0 Å². The molecule has 1 saturated heterocycles. The number of rotatable bonds is 13. The fraction of sp³-hybridized carbons (Fsp3) is 0.520. The van der Waals surface area contributed by atoms with Crippen LogP contribution in [0.5, 0.6) is 17.2 Å². The average Bonchev–Trinajstić information content (AvgIpc) is 2.82. The lowest BCUT2D eigenvalue weighted by Gasteiger charge is -2.32. The summed E-state index contributed by atoms with van der Waals surface area (Å²) in [5.41, 5.74) is 0. The quantitative estimate of drug-likeness (QED) is 0.373. The highest BCUT2D eigenvalue weighted by Gasteiger charge is 2.18. The van der Waals surface area contributed by atoms with Crippen LogP contribution in [-0.2, 0) is 0 Å². The fourth-order valence-electron chi connectivity index (χ4n) is 3.80. The molecule has 0 spiro atoms. The Hall–Kier alpha value is -1.66. The molecule has 0 radical (unpaired) electrons. The predicted molar refractivity (Wildman–Crippen MR) is 132 cm³/mol. The molecule has 1 N–H and O–H groups in total. The third-order valence-electron chi connectivity index (χ3n) is 5.70. The van der Waals surface area contributed by atoms with Crippen molar-refractivity contribution in [2.45, 2.75) is 38.1 Å². The largest absolute Gasteiger partial charge is 0.497 e. The molecule has 0 bridgehead atoms. The molecule has 1 heterocycles. The van der Waals surface area contributed by atoms with Crippen molar-refractivity contribution >= 4 is 23.2 Å². The highest BCUT2D eigenvalue weighted by atomic mass is 35.5. The Balaban J connectivity index is 1.17. The summed E-state index contributed by atoms with van der Waals surface area (Å²) >= 11 is 12.0. The van der Waals surface area contributed by atoms with E-state index in [1.807, 2.05) is 30.3 Å². The molecule has 1 aliphatic rings. The molecule has 2 aromatic rings. The molecule has 3 rings (SSSR count). The maximum absolute atomic E-state index is 6.02. The number of piperidine rings is 1. The molecule has 0 aromatic heterocycles. The second kappa shape index (κ2) is 13.8. The van der Waals surface area contributed by atoms with E-state index in [1.165, 1.54) is 12.8 Å². The fourth-order valence-corrected chi connectivity index (χ4v) is 4.09. The van der Waals surface area contributed by atoms with Gasteiger partial charge in [-0.1, -0.05) is 23.2 Å². The third kappa shape index (κ3) is 8.70. The first-order valence-electron chi connectivity index (χ1n) is 11.4. The predicted octanol–water partition coefficient (Wildman–Crippen LogP) is 5.68. The number of nitrogens with one attached hydrogen (secondary N) is 1. The number of likely N-dealkylation sites (tertiary alicyclic amines) is 1. The third-order valence-corrected chi connectivity index (χ3v) is 6.44. The molecule has 0 saturated carbocycles. The topological polar surface area (TPSA) is 43.0 Å². The summed E-state index contributed by atoms with van der Waals surface area (Å²) in [5.74, 6) is 2.52. The Morgan fingerprint density at radius 2 is 1.50 bits per heavy atom. The average molecular weight is 481 g/mol. The van der Waals surface area contributed by atoms with Crippen molar-refractivity contribution in [3.63, 3.8) is 0 Å². The van der Waals surface area contributed by atoms with Crippen molar-refractivity contribution in [1.82, 2.24) is 10.2 Å². The molecule has 0 atom stereocenters. The van der Waals surface area contributed by atoms with Gasteiger partial charge in [-0.05, 0) is 88.1 Å². The van der Waals surface area contributed by atoms with E-state index in [0.717, 1.165) is 69.3 Å². The van der Waals surface area contributed by atoms with Gasteiger partial charge in [-0.2, -0.15) is 0 Å². The molecule has 0 unspecified atom stereocenters.